The fraction of sp³-hybridized carbons (Fsp3) is 0.538. The van der Waals surface area contributed by atoms with Gasteiger partial charge in [0.15, 0.2) is 6.29 Å². The zero-order valence-electron chi connectivity index (χ0n) is 12.6. The Bertz CT molecular complexity index is 484. The first kappa shape index (κ1) is 18.3. The van der Waals surface area contributed by atoms with Gasteiger partial charge >= 0.3 is 0 Å². The highest BCUT2D eigenvalue weighted by Gasteiger charge is 2.21. The number of amides is 1. The molecule has 0 aliphatic heterocycles. The lowest BCUT2D eigenvalue weighted by molar-refractivity contribution is -0.128. The van der Waals surface area contributed by atoms with Crippen LogP contribution in [0, 0.1) is 0 Å². The number of ether oxygens (including phenoxy) is 3. The quantitative estimate of drug-likeness (QED) is 0.486. The van der Waals surface area contributed by atoms with E-state index in [1.807, 2.05) is 6.26 Å². The highest BCUT2D eigenvalue weighted by Crippen LogP contribution is 2.28. The summed E-state index contributed by atoms with van der Waals surface area (Å²) in [5, 5.41) is 2.45. The lowest BCUT2D eigenvalue weighted by Gasteiger charge is -2.17. The van der Waals surface area contributed by atoms with E-state index in [2.05, 4.69) is 15.3 Å². The predicted molar refractivity (Wildman–Crippen MR) is 80.4 cm³/mol. The molecule has 1 unspecified atom stereocenters. The fourth-order valence-corrected chi connectivity index (χ4v) is 2.34. The molecule has 0 aromatic carbocycles. The molecule has 9 heteroatoms. The average molecular weight is 329 g/mol. The lowest BCUT2D eigenvalue weighted by Crippen LogP contribution is -2.35. The minimum atomic E-state index is -0.538. The van der Waals surface area contributed by atoms with Gasteiger partial charge in [-0.25, -0.2) is 9.97 Å². The maximum absolute atomic E-state index is 12.3. The maximum atomic E-state index is 12.3. The number of nitrogens with zero attached hydrogens (tertiary/aromatic N) is 2. The monoisotopic (exact) mass is 329 g/mol. The van der Waals surface area contributed by atoms with E-state index in [0.29, 0.717) is 12.0 Å². The maximum Gasteiger partial charge on any atom is 0.293 e. The molecule has 0 saturated heterocycles. The summed E-state index contributed by atoms with van der Waals surface area (Å²) in [6.45, 7) is 0.690. The molecule has 1 amide bonds. The van der Waals surface area contributed by atoms with Crippen molar-refractivity contribution >= 4 is 24.1 Å². The largest absolute Gasteiger partial charge is 0.466 e. The van der Waals surface area contributed by atoms with Gasteiger partial charge in [-0.15, -0.1) is 0 Å². The van der Waals surface area contributed by atoms with Crippen molar-refractivity contribution in [3.63, 3.8) is 0 Å². The van der Waals surface area contributed by atoms with Crippen LogP contribution in [0.25, 0.3) is 0 Å². The minimum absolute atomic E-state index is 0.136. The van der Waals surface area contributed by atoms with Crippen LogP contribution in [0.15, 0.2) is 12.5 Å². The van der Waals surface area contributed by atoms with Gasteiger partial charge in [0.25, 0.3) is 12.4 Å². The first-order valence-electron chi connectivity index (χ1n) is 6.39. The molecule has 0 fully saturated rings. The van der Waals surface area contributed by atoms with Crippen molar-refractivity contribution in [2.75, 3.05) is 33.6 Å². The molecule has 122 valence electrons. The molecule has 0 aliphatic carbocycles. The number of nitrogens with one attached hydrogen (secondary N) is 1. The van der Waals surface area contributed by atoms with E-state index >= 15 is 0 Å². The molecule has 1 aromatic rings. The van der Waals surface area contributed by atoms with Crippen molar-refractivity contribution < 1.29 is 23.8 Å². The molecule has 0 spiro atoms. The number of aromatic nitrogens is 2. The van der Waals surface area contributed by atoms with Crippen molar-refractivity contribution in [2.45, 2.75) is 11.5 Å². The molecule has 1 aromatic heterocycles. The van der Waals surface area contributed by atoms with E-state index < -0.39 is 6.29 Å². The van der Waals surface area contributed by atoms with E-state index in [9.17, 15) is 9.59 Å². The molecule has 0 saturated carbocycles. The fourth-order valence-electron chi connectivity index (χ4n) is 1.70. The van der Waals surface area contributed by atoms with Crippen LogP contribution in [-0.4, -0.2) is 62.3 Å². The van der Waals surface area contributed by atoms with Gasteiger partial charge in [-0.05, 0) is 6.26 Å². The Morgan fingerprint density at radius 1 is 1.45 bits per heavy atom. The average Bonchev–Trinajstić information content (AvgIpc) is 2.56. The van der Waals surface area contributed by atoms with Crippen molar-refractivity contribution in [1.29, 1.82) is 0 Å². The molecular weight excluding hydrogens is 310 g/mol. The van der Waals surface area contributed by atoms with Crippen LogP contribution >= 0.6 is 11.8 Å². The molecule has 0 aliphatic rings. The highest BCUT2D eigenvalue weighted by molar-refractivity contribution is 7.98. The van der Waals surface area contributed by atoms with Crippen LogP contribution in [0.5, 0.6) is 0 Å². The molecule has 1 rings (SSSR count). The second kappa shape index (κ2) is 10.1. The number of methoxy groups -OCH3 is 2. The topological polar surface area (TPSA) is 99.6 Å². The molecule has 1 N–H and O–H groups in total. The van der Waals surface area contributed by atoms with Crippen LogP contribution in [0.4, 0.5) is 0 Å². The summed E-state index contributed by atoms with van der Waals surface area (Å²) in [6.07, 6.45) is 4.14. The summed E-state index contributed by atoms with van der Waals surface area (Å²) in [5.41, 5.74) is 0.829. The summed E-state index contributed by atoms with van der Waals surface area (Å²) < 4.78 is 14.8. The second-order valence-corrected chi connectivity index (χ2v) is 5.13. The van der Waals surface area contributed by atoms with Gasteiger partial charge in [0.05, 0.1) is 11.8 Å². The molecule has 0 bridgehead atoms. The summed E-state index contributed by atoms with van der Waals surface area (Å²) in [6, 6.07) is 0. The van der Waals surface area contributed by atoms with Crippen LogP contribution < -0.4 is 5.32 Å². The number of hydrogen-bond acceptors (Lipinski definition) is 8. The van der Waals surface area contributed by atoms with Gasteiger partial charge in [-0.2, -0.15) is 11.8 Å². The van der Waals surface area contributed by atoms with E-state index in [1.54, 1.807) is 6.20 Å². The number of carbonyl (C=O) groups is 2. The van der Waals surface area contributed by atoms with Gasteiger partial charge in [-0.3, -0.25) is 9.59 Å². The molecule has 0 radical (unpaired) electrons. The zero-order valence-corrected chi connectivity index (χ0v) is 13.5. The predicted octanol–water partition coefficient (Wildman–Crippen LogP) is 0.402. The van der Waals surface area contributed by atoms with Gasteiger partial charge < -0.3 is 19.5 Å². The third kappa shape index (κ3) is 5.24. The van der Waals surface area contributed by atoms with E-state index in [4.69, 9.17) is 14.2 Å². The van der Waals surface area contributed by atoms with Crippen LogP contribution in [0.1, 0.15) is 21.3 Å². The highest BCUT2D eigenvalue weighted by atomic mass is 32.2. The Kier molecular flexibility index (Phi) is 8.41. The zero-order chi connectivity index (χ0) is 16.4. The van der Waals surface area contributed by atoms with E-state index in [0.717, 1.165) is 0 Å². The summed E-state index contributed by atoms with van der Waals surface area (Å²) in [4.78, 5) is 30.6. The molecule has 1 atom stereocenters. The minimum Gasteiger partial charge on any atom is -0.466 e. The lowest BCUT2D eigenvalue weighted by atomic mass is 10.1. The third-order valence-corrected chi connectivity index (χ3v) is 3.82. The van der Waals surface area contributed by atoms with Crippen molar-refractivity contribution in [1.82, 2.24) is 15.3 Å². The normalized spacial score (nSPS) is 12.0. The smallest absolute Gasteiger partial charge is 0.293 e. The molecular formula is C13H19N3O5S. The number of hydrogen-bond donors (Lipinski definition) is 1. The van der Waals surface area contributed by atoms with Crippen molar-refractivity contribution in [2.24, 2.45) is 0 Å². The Balaban J connectivity index is 2.85. The standard InChI is InChI=1S/C13H19N3O5S/c1-19-11(20-2)5-15-13(18)12-9(4-14-7-16-12)10(22-3)6-21-8-17/h4,7-8,10-11H,5-6H2,1-3H3,(H,15,18). The Hall–Kier alpha value is -1.71. The Labute approximate surface area is 132 Å². The van der Waals surface area contributed by atoms with E-state index in [1.165, 1.54) is 32.3 Å². The first-order valence-corrected chi connectivity index (χ1v) is 7.68. The number of rotatable bonds is 10. The second-order valence-electron chi connectivity index (χ2n) is 4.09. The van der Waals surface area contributed by atoms with Gasteiger partial charge in [0.1, 0.15) is 18.6 Å². The molecule has 8 nitrogen and oxygen atoms in total. The van der Waals surface area contributed by atoms with Crippen LogP contribution in [0.3, 0.4) is 0 Å². The van der Waals surface area contributed by atoms with Crippen molar-refractivity contribution in [3.05, 3.63) is 23.8 Å². The van der Waals surface area contributed by atoms with E-state index in [-0.39, 0.29) is 30.0 Å². The molecule has 22 heavy (non-hydrogen) atoms. The number of carbonyl (C=O) groups excluding carboxylic acids is 2. The Morgan fingerprint density at radius 3 is 2.77 bits per heavy atom. The van der Waals surface area contributed by atoms with Gasteiger partial charge in [0, 0.05) is 26.0 Å². The summed E-state index contributed by atoms with van der Waals surface area (Å²) in [5.74, 6) is -0.373. The van der Waals surface area contributed by atoms with Gasteiger partial charge in [0.2, 0.25) is 0 Å². The van der Waals surface area contributed by atoms with Crippen LogP contribution in [-0.2, 0) is 19.0 Å². The first-order chi connectivity index (χ1) is 10.7. The number of thioether (sulfide) groups is 1. The molecule has 1 heterocycles. The summed E-state index contributed by atoms with van der Waals surface area (Å²) in [7, 11) is 2.97. The van der Waals surface area contributed by atoms with Crippen LogP contribution in [0.2, 0.25) is 0 Å². The van der Waals surface area contributed by atoms with Crippen molar-refractivity contribution in [3.8, 4) is 0 Å². The SMILES string of the molecule is COC(CNC(=O)c1ncncc1C(COC=O)SC)OC. The van der Waals surface area contributed by atoms with Gasteiger partial charge in [-0.1, -0.05) is 0 Å². The Morgan fingerprint density at radius 2 is 2.18 bits per heavy atom. The third-order valence-electron chi connectivity index (χ3n) is 2.86. The summed E-state index contributed by atoms with van der Waals surface area (Å²) >= 11 is 1.43.